The Morgan fingerprint density at radius 2 is 1.70 bits per heavy atom. The highest BCUT2D eigenvalue weighted by Crippen LogP contribution is 2.66. The first-order valence-corrected chi connectivity index (χ1v) is 23.9. The normalized spacial score (nSPS) is 27.4. The predicted molar refractivity (Wildman–Crippen MR) is 181 cm³/mol. The van der Waals surface area contributed by atoms with E-state index in [2.05, 4.69) is 64.3 Å². The number of hydrogen-bond acceptors (Lipinski definition) is 8. The molecule has 1 saturated heterocycles. The number of hydrogen-bond donors (Lipinski definition) is 0. The van der Waals surface area contributed by atoms with Crippen LogP contribution in [0.1, 0.15) is 77.2 Å². The number of carbonyl (C=O) groups excluding carboxylic acids is 2. The molecule has 2 bridgehead atoms. The molecule has 5 atom stereocenters. The Morgan fingerprint density at radius 3 is 2.19 bits per heavy atom. The van der Waals surface area contributed by atoms with Crippen LogP contribution in [0.5, 0.6) is 5.75 Å². The van der Waals surface area contributed by atoms with E-state index in [4.69, 9.17) is 18.8 Å². The summed E-state index contributed by atoms with van der Waals surface area (Å²) in [5, 5.41) is 0. The Kier molecular flexibility index (Phi) is 9.38. The molecular formula is C32H54BNO6SSi2. The molecule has 0 spiro atoms. The predicted octanol–water partition coefficient (Wildman–Crippen LogP) is 8.08. The number of nitrogens with zero attached hydrogens (tertiary/aromatic N) is 1. The second kappa shape index (κ2) is 11.6. The maximum absolute atomic E-state index is 13.1. The number of benzene rings is 1. The van der Waals surface area contributed by atoms with Crippen molar-refractivity contribution in [3.05, 3.63) is 23.3 Å². The van der Waals surface area contributed by atoms with E-state index in [1.807, 2.05) is 18.4 Å². The van der Waals surface area contributed by atoms with Gasteiger partial charge in [0, 0.05) is 10.8 Å². The van der Waals surface area contributed by atoms with Gasteiger partial charge in [0.25, 0.3) is 0 Å². The van der Waals surface area contributed by atoms with Crippen LogP contribution in [0.15, 0.2) is 17.0 Å². The Morgan fingerprint density at radius 1 is 1.09 bits per heavy atom. The largest absolute Gasteiger partial charge is 0.514 e. The molecule has 3 saturated carbocycles. The molecule has 7 nitrogen and oxygen atoms in total. The molecule has 0 radical (unpaired) electrons. The molecule has 0 N–H and O–H groups in total. The van der Waals surface area contributed by atoms with Crippen molar-refractivity contribution in [2.24, 2.45) is 17.3 Å². The summed E-state index contributed by atoms with van der Waals surface area (Å²) < 4.78 is 28.3. The Hall–Kier alpha value is -1.11. The first kappa shape index (κ1) is 34.8. The lowest BCUT2D eigenvalue weighted by Crippen LogP contribution is -2.68. The summed E-state index contributed by atoms with van der Waals surface area (Å²) in [5.41, 5.74) is 0.380. The SMILES string of the molecule is CSc1ccc(C[C@@H](B2OC3CC4CC(C4(C)C)[C@]3(C)O2)N([Si](C)(C)C)[Si](C)(C)C)c(OC(=O)OC(C)(C)C)c1C(C)=O. The summed E-state index contributed by atoms with van der Waals surface area (Å²) in [5.74, 6) is 1.14. The van der Waals surface area contributed by atoms with E-state index >= 15 is 0 Å². The maximum Gasteiger partial charge on any atom is 0.514 e. The minimum Gasteiger partial charge on any atom is -0.428 e. The van der Waals surface area contributed by atoms with E-state index in [0.29, 0.717) is 23.8 Å². The standard InChI is InChI=1S/C32H54BNO6SSi2/c1-20(35)27-23(41-8)16-15-21(28(27)37-29(36)38-30(2,3)4)17-26(34(42(9,10)11)43(12,13)14)33-39-25-19-22-18-24(31(22,5)6)32(25,7)40-33/h15-16,22,24-26H,17-19H2,1-14H3/t22?,24?,25?,26-,32-/m0/s1. The second-order valence-corrected chi connectivity index (χ2v) is 27.5. The zero-order chi connectivity index (χ0) is 32.5. The van der Waals surface area contributed by atoms with Crippen molar-refractivity contribution in [1.82, 2.24) is 4.23 Å². The number of carbonyl (C=O) groups is 2. The van der Waals surface area contributed by atoms with Crippen molar-refractivity contribution in [3.8, 4) is 5.75 Å². The molecule has 5 rings (SSSR count). The van der Waals surface area contributed by atoms with Gasteiger partial charge < -0.3 is 23.0 Å². The molecule has 3 unspecified atom stereocenters. The Bertz CT molecular complexity index is 1240. The fourth-order valence-electron chi connectivity index (χ4n) is 8.34. The zero-order valence-electron chi connectivity index (χ0n) is 29.0. The summed E-state index contributed by atoms with van der Waals surface area (Å²) in [7, 11) is -4.27. The highest BCUT2D eigenvalue weighted by molar-refractivity contribution is 7.98. The third kappa shape index (κ3) is 6.73. The number of ketones is 1. The van der Waals surface area contributed by atoms with Crippen LogP contribution in [-0.4, -0.2) is 69.3 Å². The molecule has 43 heavy (non-hydrogen) atoms. The molecule has 1 aromatic rings. The van der Waals surface area contributed by atoms with Gasteiger partial charge in [-0.25, -0.2) is 4.79 Å². The quantitative estimate of drug-likeness (QED) is 0.0876. The van der Waals surface area contributed by atoms with Gasteiger partial charge in [0.2, 0.25) is 0 Å². The molecular weight excluding hydrogens is 593 g/mol. The second-order valence-electron chi connectivity index (χ2n) is 16.6. The lowest BCUT2D eigenvalue weighted by molar-refractivity contribution is -0.199. The minimum absolute atomic E-state index is 0.0611. The first-order valence-electron chi connectivity index (χ1n) is 15.7. The van der Waals surface area contributed by atoms with Gasteiger partial charge in [0.1, 0.15) is 27.8 Å². The van der Waals surface area contributed by atoms with Gasteiger partial charge in [-0.1, -0.05) is 59.2 Å². The van der Waals surface area contributed by atoms with Gasteiger partial charge >= 0.3 is 13.3 Å². The van der Waals surface area contributed by atoms with Gasteiger partial charge in [-0.15, -0.1) is 11.8 Å². The molecule has 0 aromatic heterocycles. The van der Waals surface area contributed by atoms with E-state index in [0.717, 1.165) is 16.9 Å². The molecule has 0 amide bonds. The third-order valence-corrected chi connectivity index (χ3v) is 18.2. The van der Waals surface area contributed by atoms with Gasteiger partial charge in [0.05, 0.1) is 17.3 Å². The van der Waals surface area contributed by atoms with Crippen LogP contribution in [0.2, 0.25) is 39.3 Å². The molecule has 1 heterocycles. The van der Waals surface area contributed by atoms with Crippen LogP contribution in [0.25, 0.3) is 0 Å². The fourth-order valence-corrected chi connectivity index (χ4v) is 19.5. The van der Waals surface area contributed by atoms with E-state index in [1.54, 1.807) is 20.8 Å². The van der Waals surface area contributed by atoms with Gasteiger partial charge in [0.15, 0.2) is 5.78 Å². The average Bonchev–Trinajstić information content (AvgIpc) is 3.18. The van der Waals surface area contributed by atoms with Gasteiger partial charge in [-0.2, -0.15) is 0 Å². The fraction of sp³-hybridized carbons (Fsp3) is 0.750. The number of rotatable bonds is 9. The van der Waals surface area contributed by atoms with Crippen molar-refractivity contribution in [1.29, 1.82) is 0 Å². The number of thioether (sulfide) groups is 1. The van der Waals surface area contributed by atoms with E-state index in [1.165, 1.54) is 25.1 Å². The number of Topliss-reactive ketones (excluding diaryl/α,β-unsaturated/α-hetero) is 1. The minimum atomic E-state index is -1.92. The number of ether oxygens (including phenoxy) is 2. The van der Waals surface area contributed by atoms with Crippen LogP contribution < -0.4 is 4.74 Å². The first-order chi connectivity index (χ1) is 19.5. The van der Waals surface area contributed by atoms with Crippen LogP contribution in [0.4, 0.5) is 4.79 Å². The smallest absolute Gasteiger partial charge is 0.428 e. The summed E-state index contributed by atoms with van der Waals surface area (Å²) in [6.07, 6.45) is 3.91. The average molecular weight is 648 g/mol. The zero-order valence-corrected chi connectivity index (χ0v) is 31.8. The van der Waals surface area contributed by atoms with Gasteiger partial charge in [-0.3, -0.25) is 4.79 Å². The van der Waals surface area contributed by atoms with Crippen LogP contribution in [0.3, 0.4) is 0 Å². The Balaban J connectivity index is 1.82. The van der Waals surface area contributed by atoms with E-state index in [9.17, 15) is 9.59 Å². The summed E-state index contributed by atoms with van der Waals surface area (Å²) in [4.78, 5) is 26.9. The van der Waals surface area contributed by atoms with E-state index < -0.39 is 35.3 Å². The van der Waals surface area contributed by atoms with Crippen molar-refractivity contribution in [2.45, 2.75) is 135 Å². The molecule has 4 aliphatic rings. The molecule has 1 aliphatic heterocycles. The van der Waals surface area contributed by atoms with Crippen LogP contribution in [0, 0.1) is 17.3 Å². The lowest BCUT2D eigenvalue weighted by atomic mass is 9.43. The third-order valence-electron chi connectivity index (χ3n) is 9.84. The highest BCUT2D eigenvalue weighted by atomic mass is 32.2. The molecule has 3 aliphatic carbocycles. The molecule has 4 fully saturated rings. The topological polar surface area (TPSA) is 74.3 Å². The van der Waals surface area contributed by atoms with Crippen molar-refractivity contribution >= 4 is 47.3 Å². The van der Waals surface area contributed by atoms with Crippen molar-refractivity contribution in [3.63, 3.8) is 0 Å². The molecule has 11 heteroatoms. The van der Waals surface area contributed by atoms with Crippen LogP contribution >= 0.6 is 11.8 Å². The maximum atomic E-state index is 13.1. The molecule has 240 valence electrons. The highest BCUT2D eigenvalue weighted by Gasteiger charge is 2.69. The lowest BCUT2D eigenvalue weighted by Gasteiger charge is -2.64. The van der Waals surface area contributed by atoms with E-state index in [-0.39, 0.29) is 34.6 Å². The van der Waals surface area contributed by atoms with Gasteiger partial charge in [-0.05, 0) is 89.0 Å². The van der Waals surface area contributed by atoms with Crippen LogP contribution in [-0.2, 0) is 20.5 Å². The van der Waals surface area contributed by atoms with Crippen molar-refractivity contribution in [2.75, 3.05) is 6.26 Å². The Labute approximate surface area is 266 Å². The monoisotopic (exact) mass is 647 g/mol. The molecule has 1 aromatic carbocycles. The van der Waals surface area contributed by atoms with Crippen molar-refractivity contribution < 1.29 is 28.4 Å². The summed E-state index contributed by atoms with van der Waals surface area (Å²) in [6, 6.07) is 3.97. The summed E-state index contributed by atoms with van der Waals surface area (Å²) >= 11 is 1.46. The summed E-state index contributed by atoms with van der Waals surface area (Å²) in [6.45, 7) is 28.3.